The Morgan fingerprint density at radius 3 is 2.84 bits per heavy atom. The lowest BCUT2D eigenvalue weighted by molar-refractivity contribution is -0.133. The van der Waals surface area contributed by atoms with Crippen molar-refractivity contribution in [3.63, 3.8) is 0 Å². The number of ether oxygens (including phenoxy) is 1. The van der Waals surface area contributed by atoms with Crippen molar-refractivity contribution in [3.05, 3.63) is 51.4 Å². The highest BCUT2D eigenvalue weighted by Crippen LogP contribution is 2.43. The number of likely N-dealkylation sites (N-methyl/N-ethyl adjacent to an activating group) is 1. The van der Waals surface area contributed by atoms with Crippen LogP contribution in [0.2, 0.25) is 0 Å². The molecule has 0 aromatic carbocycles. The molecule has 5 rings (SSSR count). The van der Waals surface area contributed by atoms with Gasteiger partial charge in [-0.05, 0) is 65.0 Å². The number of aryl methyl sites for hydroxylation is 2. The molecule has 1 saturated carbocycles. The summed E-state index contributed by atoms with van der Waals surface area (Å²) in [5.74, 6) is 0.522. The molecule has 1 aliphatic carbocycles. The van der Waals surface area contributed by atoms with E-state index in [1.807, 2.05) is 13.8 Å². The van der Waals surface area contributed by atoms with E-state index in [-0.39, 0.29) is 11.4 Å². The number of carbonyl (C=O) groups excluding carboxylic acids is 1. The summed E-state index contributed by atoms with van der Waals surface area (Å²) in [6.45, 7) is 8.85. The van der Waals surface area contributed by atoms with Crippen molar-refractivity contribution in [2.75, 3.05) is 25.5 Å². The maximum atomic E-state index is 14.5. The summed E-state index contributed by atoms with van der Waals surface area (Å²) in [4.78, 5) is 28.9. The maximum absolute atomic E-state index is 14.5. The van der Waals surface area contributed by atoms with Gasteiger partial charge in [-0.3, -0.25) is 4.79 Å². The minimum absolute atomic E-state index is 0.127. The van der Waals surface area contributed by atoms with E-state index in [0.717, 1.165) is 41.8 Å². The standard InChI is InChI=1S/C28H34FN5O2S/c1-6-34(27(35)16(2)20-12-24(36-5)30-13-22(20)29)15-28(4)10-9-19-11-21(17(3)31-25(19)33-28)23-14-37-26(32-23)18-7-8-18/h11-14,16,18H,6-10,15H2,1-5H3,(H,31,33)/t16-,28-/m1/s1. The number of nitrogens with one attached hydrogen (secondary N) is 1. The zero-order valence-corrected chi connectivity index (χ0v) is 22.9. The van der Waals surface area contributed by atoms with Gasteiger partial charge in [-0.1, -0.05) is 0 Å². The van der Waals surface area contributed by atoms with Gasteiger partial charge >= 0.3 is 0 Å². The molecular formula is C28H34FN5O2S. The first-order valence-corrected chi connectivity index (χ1v) is 13.8. The smallest absolute Gasteiger partial charge is 0.230 e. The number of halogens is 1. The monoisotopic (exact) mass is 523 g/mol. The van der Waals surface area contributed by atoms with Gasteiger partial charge in [0.25, 0.3) is 0 Å². The number of aromatic nitrogens is 3. The van der Waals surface area contributed by atoms with Gasteiger partial charge in [-0.15, -0.1) is 11.3 Å². The van der Waals surface area contributed by atoms with Gasteiger partial charge in [0.15, 0.2) is 0 Å². The molecule has 0 spiro atoms. The summed E-state index contributed by atoms with van der Waals surface area (Å²) < 4.78 is 19.6. The molecule has 3 aromatic rings. The molecule has 4 heterocycles. The Hall–Kier alpha value is -3.07. The second-order valence-corrected chi connectivity index (χ2v) is 11.4. The van der Waals surface area contributed by atoms with Gasteiger partial charge < -0.3 is 15.0 Å². The molecule has 0 saturated heterocycles. The van der Waals surface area contributed by atoms with Crippen LogP contribution in [0, 0.1) is 12.7 Å². The number of methoxy groups -OCH3 is 1. The summed E-state index contributed by atoms with van der Waals surface area (Å²) >= 11 is 1.75. The van der Waals surface area contributed by atoms with E-state index in [1.54, 1.807) is 23.2 Å². The molecular weight excluding hydrogens is 489 g/mol. The Balaban J connectivity index is 1.32. The highest BCUT2D eigenvalue weighted by Gasteiger charge is 2.35. The number of nitrogens with zero attached hydrogens (tertiary/aromatic N) is 4. The molecule has 1 N–H and O–H groups in total. The molecule has 9 heteroatoms. The minimum Gasteiger partial charge on any atom is -0.481 e. The van der Waals surface area contributed by atoms with Crippen molar-refractivity contribution < 1.29 is 13.9 Å². The largest absolute Gasteiger partial charge is 0.481 e. The fraction of sp³-hybridized carbons (Fsp3) is 0.500. The van der Waals surface area contributed by atoms with E-state index >= 15 is 0 Å². The number of anilines is 1. The zero-order chi connectivity index (χ0) is 26.3. The number of pyridine rings is 2. The molecule has 3 aromatic heterocycles. The molecule has 1 amide bonds. The molecule has 196 valence electrons. The van der Waals surface area contributed by atoms with Crippen LogP contribution in [0.1, 0.15) is 73.7 Å². The lowest BCUT2D eigenvalue weighted by Crippen LogP contribution is -2.51. The zero-order valence-electron chi connectivity index (χ0n) is 22.1. The molecule has 2 aliphatic rings. The Morgan fingerprint density at radius 2 is 2.14 bits per heavy atom. The number of hydrogen-bond acceptors (Lipinski definition) is 7. The fourth-order valence-electron chi connectivity index (χ4n) is 5.06. The molecule has 0 bridgehead atoms. The Kier molecular flexibility index (Phi) is 6.91. The Bertz CT molecular complexity index is 1320. The number of thiazole rings is 1. The maximum Gasteiger partial charge on any atom is 0.230 e. The average Bonchev–Trinajstić information content (AvgIpc) is 3.63. The third kappa shape index (κ3) is 5.19. The second kappa shape index (κ2) is 10.0. The lowest BCUT2D eigenvalue weighted by atomic mass is 9.87. The molecule has 7 nitrogen and oxygen atoms in total. The van der Waals surface area contributed by atoms with Crippen molar-refractivity contribution in [1.29, 1.82) is 0 Å². The molecule has 1 aliphatic heterocycles. The van der Waals surface area contributed by atoms with Crippen LogP contribution in [0.4, 0.5) is 10.2 Å². The third-order valence-electron chi connectivity index (χ3n) is 7.52. The first kappa shape index (κ1) is 25.6. The second-order valence-electron chi connectivity index (χ2n) is 10.5. The number of amides is 1. The summed E-state index contributed by atoms with van der Waals surface area (Å²) in [5, 5.41) is 7.02. The molecule has 37 heavy (non-hydrogen) atoms. The van der Waals surface area contributed by atoms with E-state index in [2.05, 4.69) is 28.7 Å². The van der Waals surface area contributed by atoms with Gasteiger partial charge in [0, 0.05) is 47.3 Å². The SMILES string of the molecule is CCN(C[C@@]1(C)CCc2cc(-c3csc(C4CC4)n3)c(C)nc2N1)C(=O)[C@H](C)c1cc(OC)ncc1F. The Morgan fingerprint density at radius 1 is 1.35 bits per heavy atom. The van der Waals surface area contributed by atoms with Gasteiger partial charge in [0.1, 0.15) is 11.6 Å². The predicted octanol–water partition coefficient (Wildman–Crippen LogP) is 5.70. The summed E-state index contributed by atoms with van der Waals surface area (Å²) in [5.41, 5.74) is 4.17. The van der Waals surface area contributed by atoms with E-state index < -0.39 is 11.7 Å². The van der Waals surface area contributed by atoms with Crippen LogP contribution < -0.4 is 10.1 Å². The van der Waals surface area contributed by atoms with Crippen LogP contribution in [-0.4, -0.2) is 51.5 Å². The van der Waals surface area contributed by atoms with Gasteiger partial charge in [0.05, 0.1) is 35.5 Å². The van der Waals surface area contributed by atoms with E-state index in [0.29, 0.717) is 30.5 Å². The normalized spacial score (nSPS) is 19.6. The number of hydrogen-bond donors (Lipinski definition) is 1. The fourth-order valence-corrected chi connectivity index (χ4v) is 6.05. The van der Waals surface area contributed by atoms with Crippen molar-refractivity contribution in [1.82, 2.24) is 19.9 Å². The van der Waals surface area contributed by atoms with Crippen LogP contribution in [-0.2, 0) is 11.2 Å². The highest BCUT2D eigenvalue weighted by molar-refractivity contribution is 7.10. The number of carbonyl (C=O) groups is 1. The van der Waals surface area contributed by atoms with Crippen molar-refractivity contribution >= 4 is 23.1 Å². The molecule has 0 radical (unpaired) electrons. The van der Waals surface area contributed by atoms with Crippen LogP contribution in [0.5, 0.6) is 5.88 Å². The van der Waals surface area contributed by atoms with Crippen molar-refractivity contribution in [2.24, 2.45) is 0 Å². The van der Waals surface area contributed by atoms with Gasteiger partial charge in [-0.2, -0.15) is 0 Å². The van der Waals surface area contributed by atoms with Gasteiger partial charge in [-0.25, -0.2) is 19.3 Å². The van der Waals surface area contributed by atoms with Crippen molar-refractivity contribution in [2.45, 2.75) is 70.8 Å². The van der Waals surface area contributed by atoms with Crippen LogP contribution in [0.25, 0.3) is 11.3 Å². The molecule has 0 unspecified atom stereocenters. The molecule has 1 fully saturated rings. The quantitative estimate of drug-likeness (QED) is 0.408. The average molecular weight is 524 g/mol. The Labute approximate surface area is 221 Å². The van der Waals surface area contributed by atoms with E-state index in [9.17, 15) is 9.18 Å². The molecule has 2 atom stereocenters. The summed E-state index contributed by atoms with van der Waals surface area (Å²) in [6.07, 6.45) is 5.31. The minimum atomic E-state index is -0.655. The van der Waals surface area contributed by atoms with Crippen LogP contribution in [0.3, 0.4) is 0 Å². The van der Waals surface area contributed by atoms with Crippen LogP contribution >= 0.6 is 11.3 Å². The highest BCUT2D eigenvalue weighted by atomic mass is 32.1. The van der Waals surface area contributed by atoms with Crippen LogP contribution in [0.15, 0.2) is 23.7 Å². The topological polar surface area (TPSA) is 80.2 Å². The van der Waals surface area contributed by atoms with E-state index in [1.165, 1.54) is 36.6 Å². The predicted molar refractivity (Wildman–Crippen MR) is 144 cm³/mol. The summed E-state index contributed by atoms with van der Waals surface area (Å²) in [6, 6.07) is 3.73. The van der Waals surface area contributed by atoms with Crippen molar-refractivity contribution in [3.8, 4) is 17.1 Å². The number of fused-ring (bicyclic) bond motifs is 1. The summed E-state index contributed by atoms with van der Waals surface area (Å²) in [7, 11) is 1.48. The third-order valence-corrected chi connectivity index (χ3v) is 8.53. The number of rotatable bonds is 8. The van der Waals surface area contributed by atoms with Gasteiger partial charge in [0.2, 0.25) is 11.8 Å². The lowest BCUT2D eigenvalue weighted by Gasteiger charge is -2.40. The first-order valence-electron chi connectivity index (χ1n) is 12.9. The van der Waals surface area contributed by atoms with E-state index in [4.69, 9.17) is 14.7 Å². The first-order chi connectivity index (χ1) is 17.7.